The van der Waals surface area contributed by atoms with Crippen LogP contribution < -0.4 is 14.2 Å². The van der Waals surface area contributed by atoms with Crippen LogP contribution in [0.4, 0.5) is 0 Å². The summed E-state index contributed by atoms with van der Waals surface area (Å²) in [6.07, 6.45) is 2.09. The molecule has 0 spiro atoms. The summed E-state index contributed by atoms with van der Waals surface area (Å²) >= 11 is 0. The van der Waals surface area contributed by atoms with Gasteiger partial charge in [-0.15, -0.1) is 0 Å². The summed E-state index contributed by atoms with van der Waals surface area (Å²) in [5, 5.41) is 9.22. The molecular formula is C30H32O7S. The molecule has 0 aromatic heterocycles. The fourth-order valence-corrected chi connectivity index (χ4v) is 5.83. The van der Waals surface area contributed by atoms with Gasteiger partial charge in [0.2, 0.25) is 0 Å². The van der Waals surface area contributed by atoms with Gasteiger partial charge in [-0.3, -0.25) is 4.79 Å². The van der Waals surface area contributed by atoms with Crippen LogP contribution in [0.2, 0.25) is 0 Å². The zero-order valence-electron chi connectivity index (χ0n) is 21.8. The maximum atomic E-state index is 11.3. The van der Waals surface area contributed by atoms with E-state index in [9.17, 15) is 18.3 Å². The van der Waals surface area contributed by atoms with Crippen molar-refractivity contribution in [1.82, 2.24) is 0 Å². The zero-order chi connectivity index (χ0) is 27.0. The summed E-state index contributed by atoms with van der Waals surface area (Å²) in [6.45, 7) is 4.80. The van der Waals surface area contributed by atoms with Crippen molar-refractivity contribution in [1.29, 1.82) is 0 Å². The van der Waals surface area contributed by atoms with Gasteiger partial charge in [-0.25, -0.2) is 8.42 Å². The molecule has 1 aliphatic heterocycles. The molecule has 1 fully saturated rings. The molecule has 5 rings (SSSR count). The highest BCUT2D eigenvalue weighted by Gasteiger charge is 2.44. The number of benzene rings is 3. The van der Waals surface area contributed by atoms with Crippen molar-refractivity contribution in [3.63, 3.8) is 0 Å². The molecular weight excluding hydrogens is 504 g/mol. The van der Waals surface area contributed by atoms with E-state index in [1.54, 1.807) is 0 Å². The highest BCUT2D eigenvalue weighted by molar-refractivity contribution is 7.90. The molecule has 1 N–H and O–H groups in total. The lowest BCUT2D eigenvalue weighted by atomic mass is 9.93. The van der Waals surface area contributed by atoms with Crippen molar-refractivity contribution >= 4 is 15.8 Å². The molecule has 3 aromatic carbocycles. The number of rotatable bonds is 9. The van der Waals surface area contributed by atoms with Gasteiger partial charge in [0.25, 0.3) is 0 Å². The number of aryl methyl sites for hydroxylation is 2. The Kier molecular flexibility index (Phi) is 7.09. The van der Waals surface area contributed by atoms with Gasteiger partial charge in [-0.1, -0.05) is 24.3 Å². The first-order chi connectivity index (χ1) is 18.1. The van der Waals surface area contributed by atoms with Crippen LogP contribution in [0.3, 0.4) is 0 Å². The molecule has 3 atom stereocenters. The van der Waals surface area contributed by atoms with Crippen molar-refractivity contribution in [2.45, 2.75) is 38.7 Å². The van der Waals surface area contributed by atoms with Gasteiger partial charge >= 0.3 is 5.97 Å². The fourth-order valence-electron chi connectivity index (χ4n) is 5.19. The SMILES string of the molecule is Cc1cc(OCCCS(C)(=O)=O)cc(C)c1-c1cccc(C2COc3cc(C4CC4C(=O)O)ccc3O2)c1. The molecule has 7 nitrogen and oxygen atoms in total. The van der Waals surface area contributed by atoms with E-state index in [4.69, 9.17) is 14.2 Å². The monoisotopic (exact) mass is 536 g/mol. The summed E-state index contributed by atoms with van der Waals surface area (Å²) in [4.78, 5) is 11.2. The normalized spacial score (nSPS) is 20.1. The lowest BCUT2D eigenvalue weighted by Gasteiger charge is -2.27. The molecule has 0 bridgehead atoms. The van der Waals surface area contributed by atoms with E-state index in [1.807, 2.05) is 56.3 Å². The van der Waals surface area contributed by atoms with E-state index in [0.29, 0.717) is 37.6 Å². The van der Waals surface area contributed by atoms with Crippen molar-refractivity contribution in [2.75, 3.05) is 25.2 Å². The van der Waals surface area contributed by atoms with Crippen LogP contribution in [0.25, 0.3) is 11.1 Å². The number of hydrogen-bond acceptors (Lipinski definition) is 6. The topological polar surface area (TPSA) is 99.1 Å². The Bertz CT molecular complexity index is 1450. The predicted molar refractivity (Wildman–Crippen MR) is 145 cm³/mol. The van der Waals surface area contributed by atoms with E-state index in [1.165, 1.54) is 6.26 Å². The Hall–Kier alpha value is -3.52. The van der Waals surface area contributed by atoms with Crippen LogP contribution in [0.1, 0.15) is 47.1 Å². The zero-order valence-corrected chi connectivity index (χ0v) is 22.6. The summed E-state index contributed by atoms with van der Waals surface area (Å²) in [5.41, 5.74) is 6.31. The number of sulfone groups is 1. The molecule has 1 aliphatic carbocycles. The molecule has 0 amide bonds. The molecule has 2 aliphatic rings. The molecule has 200 valence electrons. The second-order valence-corrected chi connectivity index (χ2v) is 12.6. The molecule has 3 unspecified atom stereocenters. The Morgan fingerprint density at radius 1 is 1.03 bits per heavy atom. The number of carbonyl (C=O) groups is 1. The van der Waals surface area contributed by atoms with Gasteiger partial charge in [0.1, 0.15) is 22.2 Å². The Labute approximate surface area is 223 Å². The third-order valence-corrected chi connectivity index (χ3v) is 8.17. The van der Waals surface area contributed by atoms with Crippen molar-refractivity contribution in [3.8, 4) is 28.4 Å². The van der Waals surface area contributed by atoms with Gasteiger partial charge < -0.3 is 19.3 Å². The van der Waals surface area contributed by atoms with Gasteiger partial charge in [-0.2, -0.15) is 0 Å². The standard InChI is InChI=1S/C30H32O7S/c1-18-12-23(35-10-5-11-38(3,33)34)13-19(2)29(18)22-7-4-6-21(14-22)28-17-36-27-15-20(8-9-26(27)37-28)24-16-25(24)30(31)32/h4,6-9,12-15,24-25,28H,5,10-11,16-17H2,1-3H3,(H,31,32). The highest BCUT2D eigenvalue weighted by atomic mass is 32.2. The van der Waals surface area contributed by atoms with Crippen LogP contribution in [0, 0.1) is 19.8 Å². The second kappa shape index (κ2) is 10.3. The van der Waals surface area contributed by atoms with E-state index >= 15 is 0 Å². The first kappa shape index (κ1) is 26.1. The quantitative estimate of drug-likeness (QED) is 0.361. The summed E-state index contributed by atoms with van der Waals surface area (Å²) in [7, 11) is -2.99. The second-order valence-electron chi connectivity index (χ2n) is 10.3. The van der Waals surface area contributed by atoms with Crippen molar-refractivity contribution < 1.29 is 32.5 Å². The number of fused-ring (bicyclic) bond motifs is 1. The largest absolute Gasteiger partial charge is 0.494 e. The fraction of sp³-hybridized carbons (Fsp3) is 0.367. The molecule has 38 heavy (non-hydrogen) atoms. The first-order valence-corrected chi connectivity index (χ1v) is 14.8. The Morgan fingerprint density at radius 2 is 1.79 bits per heavy atom. The van der Waals surface area contributed by atoms with Crippen LogP contribution in [0.15, 0.2) is 54.6 Å². The van der Waals surface area contributed by atoms with Gasteiger partial charge in [0, 0.05) is 6.26 Å². The molecule has 3 aromatic rings. The van der Waals surface area contributed by atoms with E-state index in [2.05, 4.69) is 12.1 Å². The minimum Gasteiger partial charge on any atom is -0.494 e. The van der Waals surface area contributed by atoms with Gasteiger partial charge in [-0.05, 0) is 96.3 Å². The number of carboxylic acid groups (broad SMARTS) is 1. The smallest absolute Gasteiger partial charge is 0.307 e. The van der Waals surface area contributed by atoms with Gasteiger partial charge in [0.05, 0.1) is 18.3 Å². The minimum atomic E-state index is -2.99. The van der Waals surface area contributed by atoms with Crippen LogP contribution >= 0.6 is 0 Å². The van der Waals surface area contributed by atoms with Crippen LogP contribution in [0.5, 0.6) is 17.2 Å². The molecule has 1 heterocycles. The number of ether oxygens (including phenoxy) is 3. The lowest BCUT2D eigenvalue weighted by Crippen LogP contribution is -2.21. The molecule has 0 radical (unpaired) electrons. The Morgan fingerprint density at radius 3 is 2.47 bits per heavy atom. The molecule has 1 saturated carbocycles. The third kappa shape index (κ3) is 5.80. The van der Waals surface area contributed by atoms with Crippen molar-refractivity contribution in [3.05, 3.63) is 76.9 Å². The predicted octanol–water partition coefficient (Wildman–Crippen LogP) is 5.48. The number of carboxylic acids is 1. The Balaban J connectivity index is 1.29. The summed E-state index contributed by atoms with van der Waals surface area (Å²) < 4.78 is 40.8. The van der Waals surface area contributed by atoms with E-state index in [0.717, 1.165) is 39.1 Å². The molecule has 0 saturated heterocycles. The lowest BCUT2D eigenvalue weighted by molar-refractivity contribution is -0.138. The summed E-state index contributed by atoms with van der Waals surface area (Å²) in [5.74, 6) is 1.15. The minimum absolute atomic E-state index is 0.0477. The average Bonchev–Trinajstić information content (AvgIpc) is 3.67. The maximum absolute atomic E-state index is 11.3. The molecule has 8 heteroatoms. The van der Waals surface area contributed by atoms with Gasteiger partial charge in [0.15, 0.2) is 17.6 Å². The first-order valence-electron chi connectivity index (χ1n) is 12.8. The maximum Gasteiger partial charge on any atom is 0.307 e. The average molecular weight is 537 g/mol. The van der Waals surface area contributed by atoms with E-state index < -0.39 is 15.8 Å². The summed E-state index contributed by atoms with van der Waals surface area (Å²) in [6, 6.07) is 17.9. The third-order valence-electron chi connectivity index (χ3n) is 7.14. The number of hydrogen-bond donors (Lipinski definition) is 1. The van der Waals surface area contributed by atoms with Crippen LogP contribution in [-0.2, 0) is 14.6 Å². The highest BCUT2D eigenvalue weighted by Crippen LogP contribution is 2.50. The number of aliphatic carboxylic acids is 1. The van der Waals surface area contributed by atoms with E-state index in [-0.39, 0.29) is 23.7 Å². The van der Waals surface area contributed by atoms with Crippen molar-refractivity contribution in [2.24, 2.45) is 5.92 Å². The van der Waals surface area contributed by atoms with Crippen LogP contribution in [-0.4, -0.2) is 44.7 Å².